The third kappa shape index (κ3) is 5.26. The van der Waals surface area contributed by atoms with E-state index in [4.69, 9.17) is 4.74 Å². The normalized spacial score (nSPS) is 19.3. The molecule has 2 rings (SSSR count). The molecule has 1 aliphatic heterocycles. The summed E-state index contributed by atoms with van der Waals surface area (Å²) in [4.78, 5) is 16.1. The van der Waals surface area contributed by atoms with E-state index in [1.54, 1.807) is 11.3 Å². The van der Waals surface area contributed by atoms with Crippen molar-refractivity contribution in [1.82, 2.24) is 15.6 Å². The van der Waals surface area contributed by atoms with Crippen LogP contribution >= 0.6 is 11.3 Å². The highest BCUT2D eigenvalue weighted by Crippen LogP contribution is 2.10. The van der Waals surface area contributed by atoms with Gasteiger partial charge in [0.15, 0.2) is 0 Å². The van der Waals surface area contributed by atoms with Crippen molar-refractivity contribution in [2.75, 3.05) is 26.2 Å². The van der Waals surface area contributed by atoms with E-state index in [0.717, 1.165) is 36.6 Å². The molecule has 1 saturated heterocycles. The molecular formula is C13H21N3O2S. The maximum absolute atomic E-state index is 11.7. The molecule has 19 heavy (non-hydrogen) atoms. The van der Waals surface area contributed by atoms with Gasteiger partial charge in [-0.1, -0.05) is 0 Å². The molecule has 1 aliphatic rings. The summed E-state index contributed by atoms with van der Waals surface area (Å²) in [5, 5.41) is 9.36. The molecule has 0 aromatic carbocycles. The average Bonchev–Trinajstić information content (AvgIpc) is 2.82. The summed E-state index contributed by atoms with van der Waals surface area (Å²) < 4.78 is 5.50. The number of amides is 1. The van der Waals surface area contributed by atoms with E-state index in [9.17, 15) is 4.79 Å². The first-order chi connectivity index (χ1) is 9.24. The molecule has 1 aromatic rings. The SMILES string of the molecule is Cc1csc(CCCNC(=O)CC2CNCCO2)n1. The summed E-state index contributed by atoms with van der Waals surface area (Å²) >= 11 is 1.68. The van der Waals surface area contributed by atoms with Crippen LogP contribution in [0, 0.1) is 6.92 Å². The van der Waals surface area contributed by atoms with Gasteiger partial charge in [0.25, 0.3) is 0 Å². The Bertz CT molecular complexity index is 402. The van der Waals surface area contributed by atoms with Crippen molar-refractivity contribution in [2.45, 2.75) is 32.3 Å². The summed E-state index contributed by atoms with van der Waals surface area (Å²) in [6, 6.07) is 0. The van der Waals surface area contributed by atoms with Crippen LogP contribution in [0.4, 0.5) is 0 Å². The van der Waals surface area contributed by atoms with Gasteiger partial charge in [0.1, 0.15) is 0 Å². The van der Waals surface area contributed by atoms with Crippen LogP contribution in [-0.2, 0) is 16.0 Å². The first kappa shape index (κ1) is 14.4. The lowest BCUT2D eigenvalue weighted by Gasteiger charge is -2.23. The quantitative estimate of drug-likeness (QED) is 0.761. The highest BCUT2D eigenvalue weighted by molar-refractivity contribution is 7.09. The molecule has 0 saturated carbocycles. The van der Waals surface area contributed by atoms with Gasteiger partial charge in [-0.2, -0.15) is 0 Å². The lowest BCUT2D eigenvalue weighted by Crippen LogP contribution is -2.41. The van der Waals surface area contributed by atoms with Crippen molar-refractivity contribution in [3.63, 3.8) is 0 Å². The number of aryl methyl sites for hydroxylation is 2. The smallest absolute Gasteiger partial charge is 0.222 e. The Morgan fingerprint density at radius 2 is 2.58 bits per heavy atom. The van der Waals surface area contributed by atoms with Gasteiger partial charge in [-0.05, 0) is 13.3 Å². The first-order valence-electron chi connectivity index (χ1n) is 6.74. The number of nitrogens with one attached hydrogen (secondary N) is 2. The predicted molar refractivity (Wildman–Crippen MR) is 75.4 cm³/mol. The Hall–Kier alpha value is -0.980. The fraction of sp³-hybridized carbons (Fsp3) is 0.692. The zero-order valence-corrected chi connectivity index (χ0v) is 12.1. The van der Waals surface area contributed by atoms with Gasteiger partial charge in [-0.25, -0.2) is 4.98 Å². The minimum Gasteiger partial charge on any atom is -0.375 e. The molecule has 1 fully saturated rings. The largest absolute Gasteiger partial charge is 0.375 e. The Kier molecular flexibility index (Phi) is 5.75. The molecule has 5 nitrogen and oxygen atoms in total. The number of morpholine rings is 1. The maximum Gasteiger partial charge on any atom is 0.222 e. The summed E-state index contributed by atoms with van der Waals surface area (Å²) in [5.41, 5.74) is 1.07. The number of nitrogens with zero attached hydrogens (tertiary/aromatic N) is 1. The van der Waals surface area contributed by atoms with Crippen LogP contribution < -0.4 is 10.6 Å². The topological polar surface area (TPSA) is 63.2 Å². The van der Waals surface area contributed by atoms with Crippen LogP contribution in [0.25, 0.3) is 0 Å². The second-order valence-corrected chi connectivity index (χ2v) is 5.68. The van der Waals surface area contributed by atoms with Crippen molar-refractivity contribution < 1.29 is 9.53 Å². The lowest BCUT2D eigenvalue weighted by molar-refractivity contribution is -0.124. The molecule has 106 valence electrons. The Morgan fingerprint density at radius 3 is 3.26 bits per heavy atom. The van der Waals surface area contributed by atoms with Gasteiger partial charge in [-0.15, -0.1) is 11.3 Å². The summed E-state index contributed by atoms with van der Waals surface area (Å²) in [7, 11) is 0. The van der Waals surface area contributed by atoms with Crippen LogP contribution in [0.3, 0.4) is 0 Å². The molecule has 1 atom stereocenters. The van der Waals surface area contributed by atoms with Crippen LogP contribution in [0.15, 0.2) is 5.38 Å². The van der Waals surface area contributed by atoms with Crippen molar-refractivity contribution in [1.29, 1.82) is 0 Å². The second kappa shape index (κ2) is 7.57. The van der Waals surface area contributed by atoms with Crippen LogP contribution in [0.1, 0.15) is 23.5 Å². The summed E-state index contributed by atoms with van der Waals surface area (Å²) in [5.74, 6) is 0.0732. The molecule has 1 aromatic heterocycles. The van der Waals surface area contributed by atoms with Gasteiger partial charge in [0.2, 0.25) is 5.91 Å². The van der Waals surface area contributed by atoms with Crippen molar-refractivity contribution in [3.05, 3.63) is 16.1 Å². The van der Waals surface area contributed by atoms with Crippen LogP contribution in [0.5, 0.6) is 0 Å². The third-order valence-corrected chi connectivity index (χ3v) is 4.00. The fourth-order valence-corrected chi connectivity index (χ4v) is 2.83. The Labute approximate surface area is 117 Å². The highest BCUT2D eigenvalue weighted by atomic mass is 32.1. The van der Waals surface area contributed by atoms with Gasteiger partial charge in [0.05, 0.1) is 24.1 Å². The van der Waals surface area contributed by atoms with Crippen molar-refractivity contribution in [2.24, 2.45) is 0 Å². The van der Waals surface area contributed by atoms with E-state index in [-0.39, 0.29) is 12.0 Å². The number of hydrogen-bond donors (Lipinski definition) is 2. The number of rotatable bonds is 6. The number of thiazole rings is 1. The predicted octanol–water partition coefficient (Wildman–Crippen LogP) is 0.879. The Morgan fingerprint density at radius 1 is 1.68 bits per heavy atom. The standard InChI is InChI=1S/C13H21N3O2S/c1-10-9-19-13(16-10)3-2-4-15-12(17)7-11-8-14-5-6-18-11/h9,11,14H,2-8H2,1H3,(H,15,17). The molecular weight excluding hydrogens is 262 g/mol. The second-order valence-electron chi connectivity index (χ2n) is 4.74. The van der Waals surface area contributed by atoms with E-state index in [0.29, 0.717) is 19.6 Å². The molecule has 2 N–H and O–H groups in total. The van der Waals surface area contributed by atoms with E-state index >= 15 is 0 Å². The van der Waals surface area contributed by atoms with E-state index in [2.05, 4.69) is 21.0 Å². The zero-order valence-electron chi connectivity index (χ0n) is 11.3. The van der Waals surface area contributed by atoms with Gasteiger partial charge in [0, 0.05) is 37.1 Å². The monoisotopic (exact) mass is 283 g/mol. The average molecular weight is 283 g/mol. The molecule has 0 aliphatic carbocycles. The molecule has 0 bridgehead atoms. The molecule has 2 heterocycles. The number of hydrogen-bond acceptors (Lipinski definition) is 5. The van der Waals surface area contributed by atoms with E-state index in [1.807, 2.05) is 6.92 Å². The zero-order chi connectivity index (χ0) is 13.5. The molecule has 0 radical (unpaired) electrons. The highest BCUT2D eigenvalue weighted by Gasteiger charge is 2.16. The van der Waals surface area contributed by atoms with Crippen molar-refractivity contribution >= 4 is 17.2 Å². The molecule has 0 spiro atoms. The van der Waals surface area contributed by atoms with Crippen LogP contribution in [-0.4, -0.2) is 43.2 Å². The third-order valence-electron chi connectivity index (χ3n) is 2.97. The summed E-state index contributed by atoms with van der Waals surface area (Å²) in [6.45, 7) is 5.05. The van der Waals surface area contributed by atoms with Gasteiger partial charge < -0.3 is 15.4 Å². The molecule has 1 unspecified atom stereocenters. The first-order valence-corrected chi connectivity index (χ1v) is 7.62. The minimum atomic E-state index is 0.0235. The number of carbonyl (C=O) groups excluding carboxylic acids is 1. The Balaban J connectivity index is 1.56. The summed E-state index contributed by atoms with van der Waals surface area (Å²) in [6.07, 6.45) is 2.34. The molecule has 1 amide bonds. The number of ether oxygens (including phenoxy) is 1. The van der Waals surface area contributed by atoms with Gasteiger partial charge >= 0.3 is 0 Å². The fourth-order valence-electron chi connectivity index (χ4n) is 2.01. The van der Waals surface area contributed by atoms with Crippen molar-refractivity contribution in [3.8, 4) is 0 Å². The van der Waals surface area contributed by atoms with Gasteiger partial charge in [-0.3, -0.25) is 4.79 Å². The number of aromatic nitrogens is 1. The number of carbonyl (C=O) groups is 1. The minimum absolute atomic E-state index is 0.0235. The van der Waals surface area contributed by atoms with Crippen LogP contribution in [0.2, 0.25) is 0 Å². The van der Waals surface area contributed by atoms with E-state index < -0.39 is 0 Å². The van der Waals surface area contributed by atoms with E-state index in [1.165, 1.54) is 0 Å². The maximum atomic E-state index is 11.7. The molecule has 6 heteroatoms. The lowest BCUT2D eigenvalue weighted by atomic mass is 10.2.